The maximum atomic E-state index is 12.4. The summed E-state index contributed by atoms with van der Waals surface area (Å²) < 4.78 is 53.9. The molecule has 0 aromatic carbocycles. The van der Waals surface area contributed by atoms with Crippen molar-refractivity contribution in [2.24, 2.45) is 0 Å². The highest BCUT2D eigenvalue weighted by molar-refractivity contribution is 6.60. The molecule has 0 saturated carbocycles. The highest BCUT2D eigenvalue weighted by Crippen LogP contribution is 2.28. The summed E-state index contributed by atoms with van der Waals surface area (Å²) in [7, 11) is -3.19. The predicted molar refractivity (Wildman–Crippen MR) is 70.0 cm³/mol. The lowest BCUT2D eigenvalue weighted by Gasteiger charge is -2.30. The zero-order valence-electron chi connectivity index (χ0n) is 12.0. The van der Waals surface area contributed by atoms with Gasteiger partial charge in [-0.25, -0.2) is 0 Å². The molecule has 0 aromatic heterocycles. The molecule has 0 radical (unpaired) electrons. The second-order valence-corrected chi connectivity index (χ2v) is 7.08. The Kier molecular flexibility index (Phi) is 9.68. The first-order chi connectivity index (χ1) is 8.89. The number of hydrogen-bond donors (Lipinski definition) is 0. The predicted octanol–water partition coefficient (Wildman–Crippen LogP) is 4.16. The molecular formula is C12H25F3O3Si. The summed E-state index contributed by atoms with van der Waals surface area (Å²) in [5, 5.41) is 0. The van der Waals surface area contributed by atoms with E-state index in [-0.39, 0.29) is 6.04 Å². The normalized spacial score (nSPS) is 12.9. The summed E-state index contributed by atoms with van der Waals surface area (Å²) in [4.78, 5) is 0. The van der Waals surface area contributed by atoms with Crippen molar-refractivity contribution < 1.29 is 26.4 Å². The summed E-state index contributed by atoms with van der Waals surface area (Å²) in [6.45, 7) is 6.83. The molecule has 0 N–H and O–H groups in total. The molecule has 116 valence electrons. The lowest BCUT2D eigenvalue weighted by molar-refractivity contribution is -0.133. The van der Waals surface area contributed by atoms with Gasteiger partial charge in [-0.3, -0.25) is 0 Å². The molecule has 7 heteroatoms. The van der Waals surface area contributed by atoms with Gasteiger partial charge in [-0.1, -0.05) is 20.8 Å². The fourth-order valence-corrected chi connectivity index (χ4v) is 4.23. The average Bonchev–Trinajstić information content (AvgIpc) is 2.36. The first-order valence-electron chi connectivity index (χ1n) is 6.87. The van der Waals surface area contributed by atoms with Crippen LogP contribution in [0.5, 0.6) is 0 Å². The Hall–Kier alpha value is -0.113. The van der Waals surface area contributed by atoms with Crippen LogP contribution >= 0.6 is 0 Å². The van der Waals surface area contributed by atoms with Crippen molar-refractivity contribution in [3.8, 4) is 0 Å². The molecule has 0 aliphatic rings. The second-order valence-electron chi connectivity index (χ2n) is 4.34. The van der Waals surface area contributed by atoms with Gasteiger partial charge in [0.2, 0.25) is 0 Å². The number of halogens is 3. The van der Waals surface area contributed by atoms with Gasteiger partial charge in [0.05, 0.1) is 0 Å². The monoisotopic (exact) mass is 302 g/mol. The molecule has 0 bridgehead atoms. The van der Waals surface area contributed by atoms with Gasteiger partial charge in [0.15, 0.2) is 0 Å². The van der Waals surface area contributed by atoms with E-state index < -0.39 is 21.4 Å². The summed E-state index contributed by atoms with van der Waals surface area (Å²) in [5.41, 5.74) is 0. The lowest BCUT2D eigenvalue weighted by Crippen LogP contribution is -2.47. The molecule has 0 rings (SSSR count). The molecule has 0 aromatic rings. The number of hydrogen-bond acceptors (Lipinski definition) is 3. The Balaban J connectivity index is 4.66. The van der Waals surface area contributed by atoms with Crippen LogP contribution in [-0.2, 0) is 13.3 Å². The van der Waals surface area contributed by atoms with Crippen LogP contribution in [0.25, 0.3) is 0 Å². The average molecular weight is 302 g/mol. The van der Waals surface area contributed by atoms with Crippen LogP contribution in [0.4, 0.5) is 13.2 Å². The minimum Gasteiger partial charge on any atom is -0.373 e. The third-order valence-electron chi connectivity index (χ3n) is 2.29. The molecule has 3 nitrogen and oxygen atoms in total. The van der Waals surface area contributed by atoms with Crippen molar-refractivity contribution >= 4 is 8.80 Å². The molecule has 19 heavy (non-hydrogen) atoms. The first kappa shape index (κ1) is 18.9. The van der Waals surface area contributed by atoms with Crippen LogP contribution in [0.2, 0.25) is 6.04 Å². The van der Waals surface area contributed by atoms with Crippen molar-refractivity contribution in [1.29, 1.82) is 0 Å². The summed E-state index contributed by atoms with van der Waals surface area (Å²) in [5.74, 6) is 0. The molecule has 0 fully saturated rings. The highest BCUT2D eigenvalue weighted by Gasteiger charge is 2.44. The van der Waals surface area contributed by atoms with E-state index in [4.69, 9.17) is 13.3 Å². The SMILES string of the molecule is CCCO[Si](CCC(F)(F)F)(OCCC)OCCC. The molecule has 0 atom stereocenters. The first-order valence-corrected chi connectivity index (χ1v) is 8.81. The lowest BCUT2D eigenvalue weighted by atomic mass is 10.5. The van der Waals surface area contributed by atoms with Crippen LogP contribution in [0, 0.1) is 0 Å². The smallest absolute Gasteiger partial charge is 0.373 e. The van der Waals surface area contributed by atoms with E-state index in [2.05, 4.69) is 0 Å². The van der Waals surface area contributed by atoms with Crippen LogP contribution in [-0.4, -0.2) is 34.8 Å². The molecule has 0 aliphatic heterocycles. The molecule has 0 spiro atoms. The van der Waals surface area contributed by atoms with Crippen LogP contribution in [0.3, 0.4) is 0 Å². The standard InChI is InChI=1S/C12H25F3O3Si/c1-4-8-16-19(17-9-5-2,18-10-6-3)11-7-12(13,14)15/h4-11H2,1-3H3. The molecule has 0 saturated heterocycles. The Morgan fingerprint density at radius 3 is 1.42 bits per heavy atom. The van der Waals surface area contributed by atoms with Gasteiger partial charge in [0.1, 0.15) is 0 Å². The van der Waals surface area contributed by atoms with Gasteiger partial charge in [-0.05, 0) is 19.3 Å². The number of alkyl halides is 3. The van der Waals surface area contributed by atoms with Crippen molar-refractivity contribution in [1.82, 2.24) is 0 Å². The molecule has 0 unspecified atom stereocenters. The summed E-state index contributed by atoms with van der Waals surface area (Å²) >= 11 is 0. The fourth-order valence-electron chi connectivity index (χ4n) is 1.41. The zero-order chi connectivity index (χ0) is 14.8. The van der Waals surface area contributed by atoms with E-state index in [0.717, 1.165) is 19.3 Å². The minimum atomic E-state index is -4.21. The Morgan fingerprint density at radius 1 is 0.789 bits per heavy atom. The fraction of sp³-hybridized carbons (Fsp3) is 1.00. The largest absolute Gasteiger partial charge is 0.501 e. The maximum Gasteiger partial charge on any atom is 0.501 e. The summed E-state index contributed by atoms with van der Waals surface area (Å²) in [6.07, 6.45) is -2.95. The van der Waals surface area contributed by atoms with E-state index in [9.17, 15) is 13.2 Å². The van der Waals surface area contributed by atoms with E-state index in [0.29, 0.717) is 19.8 Å². The Morgan fingerprint density at radius 2 is 1.16 bits per heavy atom. The third-order valence-corrected chi connectivity index (χ3v) is 5.09. The topological polar surface area (TPSA) is 27.7 Å². The third kappa shape index (κ3) is 9.42. The second kappa shape index (κ2) is 9.74. The minimum absolute atomic E-state index is 0.198. The quantitative estimate of drug-likeness (QED) is 0.536. The zero-order valence-corrected chi connectivity index (χ0v) is 13.0. The Labute approximate surface area is 114 Å². The van der Waals surface area contributed by atoms with Crippen molar-refractivity contribution in [2.75, 3.05) is 19.8 Å². The molecule has 0 heterocycles. The van der Waals surface area contributed by atoms with Crippen molar-refractivity contribution in [3.63, 3.8) is 0 Å². The highest BCUT2D eigenvalue weighted by atomic mass is 28.4. The van der Waals surface area contributed by atoms with Gasteiger partial charge in [-0.15, -0.1) is 0 Å². The van der Waals surface area contributed by atoms with Gasteiger partial charge < -0.3 is 13.3 Å². The van der Waals surface area contributed by atoms with Crippen molar-refractivity contribution in [2.45, 2.75) is 58.7 Å². The van der Waals surface area contributed by atoms with Gasteiger partial charge in [-0.2, -0.15) is 13.2 Å². The number of rotatable bonds is 11. The van der Waals surface area contributed by atoms with Crippen LogP contribution in [0.1, 0.15) is 46.5 Å². The van der Waals surface area contributed by atoms with E-state index in [1.165, 1.54) is 0 Å². The molecular weight excluding hydrogens is 277 g/mol. The van der Waals surface area contributed by atoms with E-state index >= 15 is 0 Å². The van der Waals surface area contributed by atoms with Crippen LogP contribution in [0.15, 0.2) is 0 Å². The molecule has 0 aliphatic carbocycles. The molecule has 0 amide bonds. The van der Waals surface area contributed by atoms with Gasteiger partial charge in [0.25, 0.3) is 0 Å². The van der Waals surface area contributed by atoms with Crippen LogP contribution < -0.4 is 0 Å². The summed E-state index contributed by atoms with van der Waals surface area (Å²) in [6, 6.07) is -0.198. The van der Waals surface area contributed by atoms with Gasteiger partial charge >= 0.3 is 15.0 Å². The maximum absolute atomic E-state index is 12.4. The van der Waals surface area contributed by atoms with Crippen molar-refractivity contribution in [3.05, 3.63) is 0 Å². The Bertz CT molecular complexity index is 203. The van der Waals surface area contributed by atoms with E-state index in [1.54, 1.807) is 0 Å². The van der Waals surface area contributed by atoms with E-state index in [1.807, 2.05) is 20.8 Å². The van der Waals surface area contributed by atoms with Gasteiger partial charge in [0, 0.05) is 32.3 Å².